The number of aromatic nitrogens is 2. The summed E-state index contributed by atoms with van der Waals surface area (Å²) in [5.74, 6) is 1.15. The number of nitrogens with zero attached hydrogens (tertiary/aromatic N) is 2. The number of carbonyl (C=O) groups is 1. The molecule has 0 bridgehead atoms. The zero-order chi connectivity index (χ0) is 20.1. The third kappa shape index (κ3) is 4.58. The lowest BCUT2D eigenvalue weighted by Gasteiger charge is -2.13. The summed E-state index contributed by atoms with van der Waals surface area (Å²) in [5.41, 5.74) is 13.2. The largest absolute Gasteiger partial charge is 0.437 e. The maximum Gasteiger partial charge on any atom is 0.270 e. The predicted molar refractivity (Wildman–Crippen MR) is 112 cm³/mol. The van der Waals surface area contributed by atoms with E-state index in [1.807, 2.05) is 30.3 Å². The van der Waals surface area contributed by atoms with Crippen molar-refractivity contribution in [3.63, 3.8) is 0 Å². The molecule has 0 aliphatic heterocycles. The van der Waals surface area contributed by atoms with E-state index in [0.717, 1.165) is 0 Å². The third-order valence-corrected chi connectivity index (χ3v) is 4.71. The van der Waals surface area contributed by atoms with Crippen LogP contribution in [0, 0.1) is 0 Å². The monoisotopic (exact) mass is 441 g/mol. The first-order chi connectivity index (χ1) is 13.5. The molecule has 1 amide bonds. The SMILES string of the molecule is CC(C)c1ccc(Oc2ncnc(NNC(=O)c3ccccc3Br)c2N)cc1. The fourth-order valence-corrected chi connectivity index (χ4v) is 2.89. The first-order valence-electron chi connectivity index (χ1n) is 8.65. The number of anilines is 2. The Morgan fingerprint density at radius 1 is 1.11 bits per heavy atom. The van der Waals surface area contributed by atoms with Crippen LogP contribution >= 0.6 is 15.9 Å². The second-order valence-electron chi connectivity index (χ2n) is 6.33. The Hall–Kier alpha value is -3.13. The average Bonchev–Trinajstić information content (AvgIpc) is 2.69. The van der Waals surface area contributed by atoms with Gasteiger partial charge >= 0.3 is 0 Å². The molecule has 0 aliphatic rings. The summed E-state index contributed by atoms with van der Waals surface area (Å²) in [6, 6.07) is 14.8. The molecule has 3 aromatic rings. The zero-order valence-electron chi connectivity index (χ0n) is 15.4. The summed E-state index contributed by atoms with van der Waals surface area (Å²) in [4.78, 5) is 20.4. The van der Waals surface area contributed by atoms with Crippen molar-refractivity contribution in [2.24, 2.45) is 0 Å². The van der Waals surface area contributed by atoms with Crippen molar-refractivity contribution in [2.45, 2.75) is 19.8 Å². The number of rotatable bonds is 6. The van der Waals surface area contributed by atoms with Crippen LogP contribution in [0.2, 0.25) is 0 Å². The van der Waals surface area contributed by atoms with Crippen LogP contribution in [-0.2, 0) is 0 Å². The molecule has 0 saturated carbocycles. The highest BCUT2D eigenvalue weighted by molar-refractivity contribution is 9.10. The molecule has 28 heavy (non-hydrogen) atoms. The molecule has 0 fully saturated rings. The van der Waals surface area contributed by atoms with E-state index in [0.29, 0.717) is 21.7 Å². The van der Waals surface area contributed by atoms with Gasteiger partial charge in [0.05, 0.1) is 5.56 Å². The summed E-state index contributed by atoms with van der Waals surface area (Å²) < 4.78 is 6.44. The highest BCUT2D eigenvalue weighted by Gasteiger charge is 2.13. The van der Waals surface area contributed by atoms with Gasteiger partial charge in [-0.25, -0.2) is 4.98 Å². The Bertz CT molecular complexity index is 977. The van der Waals surface area contributed by atoms with Gasteiger partial charge in [0, 0.05) is 4.47 Å². The summed E-state index contributed by atoms with van der Waals surface area (Å²) in [6.07, 6.45) is 1.31. The van der Waals surface area contributed by atoms with E-state index in [1.54, 1.807) is 18.2 Å². The van der Waals surface area contributed by atoms with Crippen LogP contribution in [0.3, 0.4) is 0 Å². The molecule has 2 aromatic carbocycles. The van der Waals surface area contributed by atoms with Crippen molar-refractivity contribution in [3.8, 4) is 11.6 Å². The van der Waals surface area contributed by atoms with Gasteiger partial charge in [-0.2, -0.15) is 4.98 Å². The average molecular weight is 442 g/mol. The van der Waals surface area contributed by atoms with E-state index in [4.69, 9.17) is 10.5 Å². The van der Waals surface area contributed by atoms with Gasteiger partial charge in [0.2, 0.25) is 5.88 Å². The molecule has 0 spiro atoms. The first kappa shape index (κ1) is 19.6. The number of hydrogen-bond donors (Lipinski definition) is 3. The van der Waals surface area contributed by atoms with Gasteiger partial charge in [0.15, 0.2) is 5.82 Å². The maximum absolute atomic E-state index is 12.3. The van der Waals surface area contributed by atoms with E-state index in [-0.39, 0.29) is 23.3 Å². The fraction of sp³-hybridized carbons (Fsp3) is 0.150. The quantitative estimate of drug-likeness (QED) is 0.486. The Morgan fingerprint density at radius 3 is 2.50 bits per heavy atom. The van der Waals surface area contributed by atoms with Gasteiger partial charge in [-0.05, 0) is 51.7 Å². The van der Waals surface area contributed by atoms with Crippen LogP contribution in [0.4, 0.5) is 11.5 Å². The number of amides is 1. The molecule has 4 N–H and O–H groups in total. The summed E-state index contributed by atoms with van der Waals surface area (Å²) in [6.45, 7) is 4.25. The summed E-state index contributed by atoms with van der Waals surface area (Å²) >= 11 is 3.34. The minimum Gasteiger partial charge on any atom is -0.437 e. The number of halogens is 1. The van der Waals surface area contributed by atoms with Gasteiger partial charge < -0.3 is 10.5 Å². The number of nitrogens with two attached hydrogens (primary N) is 1. The van der Waals surface area contributed by atoms with E-state index >= 15 is 0 Å². The molecule has 0 unspecified atom stereocenters. The van der Waals surface area contributed by atoms with Gasteiger partial charge in [0.25, 0.3) is 5.91 Å². The summed E-state index contributed by atoms with van der Waals surface area (Å²) in [5, 5.41) is 0. The number of hydrogen-bond acceptors (Lipinski definition) is 6. The standard InChI is InChI=1S/C20H20BrN5O2/c1-12(2)13-7-9-14(10-8-13)28-20-17(22)18(23-11-24-20)25-26-19(27)15-5-3-4-6-16(15)21/h3-12H,22H2,1-2H3,(H,26,27)(H,23,24,25). The van der Waals surface area contributed by atoms with Crippen LogP contribution in [0.25, 0.3) is 0 Å². The second kappa shape index (κ2) is 8.71. The molecule has 144 valence electrons. The van der Waals surface area contributed by atoms with Crippen molar-refractivity contribution in [1.29, 1.82) is 0 Å². The Labute approximate surface area is 171 Å². The molecular weight excluding hydrogens is 422 g/mol. The lowest BCUT2D eigenvalue weighted by Crippen LogP contribution is -2.30. The number of hydrazine groups is 1. The topological polar surface area (TPSA) is 102 Å². The minimum atomic E-state index is -0.336. The summed E-state index contributed by atoms with van der Waals surface area (Å²) in [7, 11) is 0. The number of nitrogens with one attached hydrogen (secondary N) is 2. The number of nitrogen functional groups attached to an aromatic ring is 1. The van der Waals surface area contributed by atoms with Crippen LogP contribution in [-0.4, -0.2) is 15.9 Å². The normalized spacial score (nSPS) is 10.6. The van der Waals surface area contributed by atoms with Crippen molar-refractivity contribution in [3.05, 3.63) is 70.5 Å². The molecule has 1 aromatic heterocycles. The Balaban J connectivity index is 1.70. The number of benzene rings is 2. The first-order valence-corrected chi connectivity index (χ1v) is 9.44. The van der Waals surface area contributed by atoms with Gasteiger partial charge in [-0.15, -0.1) is 0 Å². The van der Waals surface area contributed by atoms with Crippen molar-refractivity contribution >= 4 is 33.3 Å². The molecule has 0 saturated heterocycles. The van der Waals surface area contributed by atoms with Crippen molar-refractivity contribution in [2.75, 3.05) is 11.2 Å². The molecule has 0 atom stereocenters. The number of carbonyl (C=O) groups excluding carboxylic acids is 1. The van der Waals surface area contributed by atoms with Crippen molar-refractivity contribution in [1.82, 2.24) is 15.4 Å². The van der Waals surface area contributed by atoms with Gasteiger partial charge in [-0.3, -0.25) is 15.6 Å². The lowest BCUT2D eigenvalue weighted by atomic mass is 10.0. The third-order valence-electron chi connectivity index (χ3n) is 4.02. The van der Waals surface area contributed by atoms with E-state index in [2.05, 4.69) is 50.6 Å². The van der Waals surface area contributed by atoms with Crippen molar-refractivity contribution < 1.29 is 9.53 Å². The van der Waals surface area contributed by atoms with Gasteiger partial charge in [-0.1, -0.05) is 38.1 Å². The Morgan fingerprint density at radius 2 is 1.82 bits per heavy atom. The zero-order valence-corrected chi connectivity index (χ0v) is 17.0. The van der Waals surface area contributed by atoms with Crippen LogP contribution in [0.1, 0.15) is 35.7 Å². The molecule has 3 rings (SSSR count). The number of ether oxygens (including phenoxy) is 1. The van der Waals surface area contributed by atoms with Crippen LogP contribution < -0.4 is 21.3 Å². The Kier molecular flexibility index (Phi) is 6.10. The molecular formula is C20H20BrN5O2. The molecule has 7 nitrogen and oxygen atoms in total. The highest BCUT2D eigenvalue weighted by Crippen LogP contribution is 2.29. The van der Waals surface area contributed by atoms with E-state index in [1.165, 1.54) is 11.9 Å². The van der Waals surface area contributed by atoms with Gasteiger partial charge in [0.1, 0.15) is 17.8 Å². The molecule has 1 heterocycles. The highest BCUT2D eigenvalue weighted by atomic mass is 79.9. The van der Waals surface area contributed by atoms with Crippen LogP contribution in [0.15, 0.2) is 59.3 Å². The lowest BCUT2D eigenvalue weighted by molar-refractivity contribution is 0.0961. The minimum absolute atomic E-state index is 0.183. The van der Waals surface area contributed by atoms with Crippen LogP contribution in [0.5, 0.6) is 11.6 Å². The second-order valence-corrected chi connectivity index (χ2v) is 7.18. The predicted octanol–water partition coefficient (Wildman–Crippen LogP) is 4.49. The van der Waals surface area contributed by atoms with E-state index < -0.39 is 0 Å². The maximum atomic E-state index is 12.3. The molecule has 8 heteroatoms. The molecule has 0 aliphatic carbocycles. The fourth-order valence-electron chi connectivity index (χ4n) is 2.42. The van der Waals surface area contributed by atoms with E-state index in [9.17, 15) is 4.79 Å². The molecule has 0 radical (unpaired) electrons. The smallest absolute Gasteiger partial charge is 0.270 e.